The van der Waals surface area contributed by atoms with Crippen molar-refractivity contribution in [1.82, 2.24) is 0 Å². The van der Waals surface area contributed by atoms with Crippen LogP contribution in [0.25, 0.3) is 0 Å². The number of benzene rings is 3. The van der Waals surface area contributed by atoms with Crippen molar-refractivity contribution in [3.63, 3.8) is 0 Å². The molecular formula is C20H15O2PS6. The van der Waals surface area contributed by atoms with Gasteiger partial charge in [0.15, 0.2) is 11.0 Å². The van der Waals surface area contributed by atoms with Crippen LogP contribution in [0, 0.1) is 0 Å². The van der Waals surface area contributed by atoms with Gasteiger partial charge in [0.2, 0.25) is 0 Å². The average molecular weight is 511 g/mol. The molecule has 0 amide bonds. The van der Waals surface area contributed by atoms with E-state index in [2.05, 4.69) is 75.8 Å². The van der Waals surface area contributed by atoms with Gasteiger partial charge in [0, 0.05) is 40.5 Å². The van der Waals surface area contributed by atoms with E-state index in [4.69, 9.17) is 0 Å². The molecule has 0 aliphatic rings. The topological polar surface area (TPSA) is 34.1 Å². The van der Waals surface area contributed by atoms with E-state index in [1.54, 1.807) is 48.5 Å². The Bertz CT molecular complexity index is 1000. The molecule has 148 valence electrons. The molecule has 3 rings (SSSR count). The summed E-state index contributed by atoms with van der Waals surface area (Å²) < 4.78 is 0. The molecule has 0 saturated carbocycles. The summed E-state index contributed by atoms with van der Waals surface area (Å²) in [7, 11) is -1.94. The fourth-order valence-corrected chi connectivity index (χ4v) is 7.71. The van der Waals surface area contributed by atoms with E-state index in [-0.39, 0.29) is 11.0 Å². The van der Waals surface area contributed by atoms with E-state index in [0.29, 0.717) is 45.8 Å². The molecule has 0 unspecified atom stereocenters. The Morgan fingerprint density at radius 1 is 0.586 bits per heavy atom. The normalized spacial score (nSPS) is 11.0. The molecule has 2 nitrogen and oxygen atoms in total. The Hall–Kier alpha value is -0.470. The van der Waals surface area contributed by atoms with E-state index < -0.39 is 7.92 Å². The Labute approximate surface area is 203 Å². The van der Waals surface area contributed by atoms with Crippen molar-refractivity contribution in [3.8, 4) is 0 Å². The Balaban J connectivity index is 2.20. The number of thiol groups is 6. The maximum absolute atomic E-state index is 13.6. The maximum Gasteiger partial charge on any atom is 0.198 e. The van der Waals surface area contributed by atoms with Crippen LogP contribution in [0.5, 0.6) is 0 Å². The third kappa shape index (κ3) is 5.06. The van der Waals surface area contributed by atoms with Crippen LogP contribution < -0.4 is 5.30 Å². The van der Waals surface area contributed by atoms with Gasteiger partial charge in [0.25, 0.3) is 0 Å². The van der Waals surface area contributed by atoms with E-state index in [1.807, 2.05) is 6.07 Å². The highest BCUT2D eigenvalue weighted by atomic mass is 32.1. The van der Waals surface area contributed by atoms with Gasteiger partial charge in [-0.15, -0.1) is 75.8 Å². The SMILES string of the molecule is O=C(c1c(S)cc(S)cc1S)P(C(=O)c1c(S)cc(S)cc1S)c1ccccc1. The van der Waals surface area contributed by atoms with Crippen molar-refractivity contribution in [3.05, 3.63) is 65.7 Å². The van der Waals surface area contributed by atoms with Crippen molar-refractivity contribution in [2.45, 2.75) is 29.4 Å². The number of rotatable bonds is 5. The van der Waals surface area contributed by atoms with Crippen molar-refractivity contribution in [2.24, 2.45) is 0 Å². The molecule has 0 aromatic heterocycles. The third-order valence-corrected chi connectivity index (χ3v) is 8.01. The molecule has 0 saturated heterocycles. The van der Waals surface area contributed by atoms with Crippen molar-refractivity contribution >= 4 is 100 Å². The Morgan fingerprint density at radius 2 is 0.931 bits per heavy atom. The minimum absolute atomic E-state index is 0.296. The smallest absolute Gasteiger partial charge is 0.198 e. The standard InChI is InChI=1S/C20H15O2PS6/c21-19(17-13(26)6-11(24)7-14(17)27)23(10-4-2-1-3-5-10)20(22)18-15(28)8-12(25)9-16(18)29/h1-9,24-29H. The monoisotopic (exact) mass is 510 g/mol. The molecule has 0 heterocycles. The van der Waals surface area contributed by atoms with Crippen LogP contribution in [0.2, 0.25) is 0 Å². The summed E-state index contributed by atoms with van der Waals surface area (Å²) in [5.74, 6) is 0. The lowest BCUT2D eigenvalue weighted by Gasteiger charge is -2.19. The maximum atomic E-state index is 13.6. The van der Waals surface area contributed by atoms with Crippen LogP contribution in [0.4, 0.5) is 0 Å². The number of hydrogen-bond donors (Lipinski definition) is 6. The van der Waals surface area contributed by atoms with Crippen LogP contribution in [0.1, 0.15) is 20.7 Å². The van der Waals surface area contributed by atoms with Gasteiger partial charge in [0.1, 0.15) is 0 Å². The lowest BCUT2D eigenvalue weighted by Crippen LogP contribution is -2.18. The first-order chi connectivity index (χ1) is 13.7. The van der Waals surface area contributed by atoms with Gasteiger partial charge in [0.05, 0.1) is 7.92 Å². The molecule has 9 heteroatoms. The van der Waals surface area contributed by atoms with Crippen LogP contribution in [-0.4, -0.2) is 11.0 Å². The molecule has 3 aromatic carbocycles. The summed E-state index contributed by atoms with van der Waals surface area (Å²) >= 11 is 26.3. The molecule has 0 radical (unpaired) electrons. The van der Waals surface area contributed by atoms with Crippen LogP contribution in [0.3, 0.4) is 0 Å². The first-order valence-electron chi connectivity index (χ1n) is 8.14. The van der Waals surface area contributed by atoms with Crippen molar-refractivity contribution < 1.29 is 9.59 Å². The first kappa shape index (κ1) is 23.2. The fraction of sp³-hybridized carbons (Fsp3) is 0. The second-order valence-corrected chi connectivity index (χ2v) is 11.0. The van der Waals surface area contributed by atoms with Crippen LogP contribution in [-0.2, 0) is 0 Å². The van der Waals surface area contributed by atoms with E-state index in [9.17, 15) is 9.59 Å². The molecule has 0 bridgehead atoms. The third-order valence-electron chi connectivity index (χ3n) is 4.01. The zero-order valence-electron chi connectivity index (χ0n) is 14.6. The van der Waals surface area contributed by atoms with Crippen molar-refractivity contribution in [1.29, 1.82) is 0 Å². The molecule has 0 fully saturated rings. The zero-order valence-corrected chi connectivity index (χ0v) is 20.9. The highest BCUT2D eigenvalue weighted by Gasteiger charge is 2.34. The molecule has 0 aliphatic carbocycles. The van der Waals surface area contributed by atoms with E-state index in [0.717, 1.165) is 0 Å². The second kappa shape index (κ2) is 9.77. The second-order valence-electron chi connectivity index (χ2n) is 6.00. The molecule has 29 heavy (non-hydrogen) atoms. The van der Waals surface area contributed by atoms with Crippen LogP contribution >= 0.6 is 83.7 Å². The van der Waals surface area contributed by atoms with E-state index in [1.165, 1.54) is 0 Å². The van der Waals surface area contributed by atoms with Gasteiger partial charge >= 0.3 is 0 Å². The highest BCUT2D eigenvalue weighted by Crippen LogP contribution is 2.47. The number of hydrogen-bond acceptors (Lipinski definition) is 8. The summed E-state index contributed by atoms with van der Waals surface area (Å²) in [5.41, 5.74) is -0.0834. The molecule has 0 N–H and O–H groups in total. The quantitative estimate of drug-likeness (QED) is 0.182. The van der Waals surface area contributed by atoms with Gasteiger partial charge in [-0.1, -0.05) is 30.3 Å². The lowest BCUT2D eigenvalue weighted by molar-refractivity contribution is 0.104. The van der Waals surface area contributed by atoms with Crippen LogP contribution in [0.15, 0.2) is 84.0 Å². The molecule has 3 aromatic rings. The first-order valence-corrected chi connectivity index (χ1v) is 12.2. The fourth-order valence-electron chi connectivity index (χ4n) is 2.76. The summed E-state index contributed by atoms with van der Waals surface area (Å²) in [6.07, 6.45) is 0. The van der Waals surface area contributed by atoms with Gasteiger partial charge in [-0.25, -0.2) is 0 Å². The molecular weight excluding hydrogens is 496 g/mol. The summed E-state index contributed by atoms with van der Waals surface area (Å²) in [6.45, 7) is 0. The van der Waals surface area contributed by atoms with Gasteiger partial charge in [-0.2, -0.15) is 0 Å². The zero-order chi connectivity index (χ0) is 21.3. The highest BCUT2D eigenvalue weighted by molar-refractivity contribution is 7.96. The molecule has 0 spiro atoms. The van der Waals surface area contributed by atoms with Gasteiger partial charge in [-0.05, 0) is 29.6 Å². The molecule has 0 aliphatic heterocycles. The number of carbonyl (C=O) groups excluding carboxylic acids is 2. The van der Waals surface area contributed by atoms with Gasteiger partial charge < -0.3 is 0 Å². The van der Waals surface area contributed by atoms with Gasteiger partial charge in [-0.3, -0.25) is 9.59 Å². The minimum atomic E-state index is -1.94. The van der Waals surface area contributed by atoms with E-state index >= 15 is 0 Å². The summed E-state index contributed by atoms with van der Waals surface area (Å²) in [5, 5.41) is 0.628. The number of carbonyl (C=O) groups is 2. The lowest BCUT2D eigenvalue weighted by atomic mass is 10.2. The summed E-state index contributed by atoms with van der Waals surface area (Å²) in [6, 6.07) is 15.6. The predicted molar refractivity (Wildman–Crippen MR) is 138 cm³/mol. The Morgan fingerprint density at radius 3 is 1.28 bits per heavy atom. The minimum Gasteiger partial charge on any atom is -0.288 e. The van der Waals surface area contributed by atoms with Crippen molar-refractivity contribution in [2.75, 3.05) is 0 Å². The average Bonchev–Trinajstić information content (AvgIpc) is 2.61. The predicted octanol–water partition coefficient (Wildman–Crippen LogP) is 6.21. The summed E-state index contributed by atoms with van der Waals surface area (Å²) in [4.78, 5) is 30.2. The Kier molecular flexibility index (Phi) is 7.82. The molecule has 0 atom stereocenters. The largest absolute Gasteiger partial charge is 0.288 e.